The SMILES string of the molecule is COCCNC1CCC(CCN2CCC(Cc3cc(F)ccc3Br)CC2)CC1. The Labute approximate surface area is 178 Å². The van der Waals surface area contributed by atoms with E-state index in [0.717, 1.165) is 35.5 Å². The number of methoxy groups -OCH3 is 1. The van der Waals surface area contributed by atoms with Gasteiger partial charge in [0.05, 0.1) is 6.61 Å². The Balaban J connectivity index is 1.30. The van der Waals surface area contributed by atoms with Crippen LogP contribution < -0.4 is 5.32 Å². The summed E-state index contributed by atoms with van der Waals surface area (Å²) in [7, 11) is 1.77. The second-order valence-corrected chi connectivity index (χ2v) is 9.53. The molecule has 1 aromatic carbocycles. The van der Waals surface area contributed by atoms with Crippen molar-refractivity contribution < 1.29 is 9.13 Å². The Morgan fingerprint density at radius 3 is 2.57 bits per heavy atom. The van der Waals surface area contributed by atoms with Crippen LogP contribution in [0.4, 0.5) is 4.39 Å². The lowest BCUT2D eigenvalue weighted by Gasteiger charge is -2.34. The summed E-state index contributed by atoms with van der Waals surface area (Å²) in [4.78, 5) is 2.65. The number of likely N-dealkylation sites (tertiary alicyclic amines) is 1. The predicted octanol–water partition coefficient (Wildman–Crippen LogP) is 5.03. The second kappa shape index (κ2) is 11.6. The normalized spacial score (nSPS) is 24.5. The molecule has 2 fully saturated rings. The van der Waals surface area contributed by atoms with Gasteiger partial charge >= 0.3 is 0 Å². The number of hydrogen-bond acceptors (Lipinski definition) is 3. The van der Waals surface area contributed by atoms with Crippen LogP contribution in [0.25, 0.3) is 0 Å². The number of piperidine rings is 1. The molecule has 1 aliphatic carbocycles. The molecule has 0 amide bonds. The average molecular weight is 455 g/mol. The molecule has 158 valence electrons. The summed E-state index contributed by atoms with van der Waals surface area (Å²) in [5.74, 6) is 1.46. The highest BCUT2D eigenvalue weighted by molar-refractivity contribution is 9.10. The molecule has 0 spiro atoms. The molecule has 0 unspecified atom stereocenters. The minimum absolute atomic E-state index is 0.126. The third-order valence-electron chi connectivity index (χ3n) is 6.66. The van der Waals surface area contributed by atoms with Gasteiger partial charge in [0.25, 0.3) is 0 Å². The molecule has 1 saturated carbocycles. The lowest BCUT2D eigenvalue weighted by Crippen LogP contribution is -2.37. The first kappa shape index (κ1) is 22.2. The maximum Gasteiger partial charge on any atom is 0.123 e. The number of nitrogens with zero attached hydrogens (tertiary/aromatic N) is 1. The van der Waals surface area contributed by atoms with Crippen LogP contribution in [0.5, 0.6) is 0 Å². The van der Waals surface area contributed by atoms with Gasteiger partial charge in [-0.3, -0.25) is 0 Å². The van der Waals surface area contributed by atoms with Gasteiger partial charge in [0.1, 0.15) is 5.82 Å². The zero-order chi connectivity index (χ0) is 19.8. The van der Waals surface area contributed by atoms with Crippen molar-refractivity contribution in [3.8, 4) is 0 Å². The van der Waals surface area contributed by atoms with Crippen molar-refractivity contribution in [1.29, 1.82) is 0 Å². The number of halogens is 2. The van der Waals surface area contributed by atoms with Crippen molar-refractivity contribution in [3.63, 3.8) is 0 Å². The molecule has 0 radical (unpaired) electrons. The first-order chi connectivity index (χ1) is 13.6. The van der Waals surface area contributed by atoms with Crippen molar-refractivity contribution in [1.82, 2.24) is 10.2 Å². The number of nitrogens with one attached hydrogen (secondary N) is 1. The zero-order valence-corrected chi connectivity index (χ0v) is 18.9. The van der Waals surface area contributed by atoms with Crippen LogP contribution in [0.2, 0.25) is 0 Å². The summed E-state index contributed by atoms with van der Waals surface area (Å²) in [5, 5.41) is 3.62. The van der Waals surface area contributed by atoms with E-state index in [2.05, 4.69) is 26.1 Å². The Morgan fingerprint density at radius 2 is 1.86 bits per heavy atom. The van der Waals surface area contributed by atoms with Crippen molar-refractivity contribution in [2.45, 2.75) is 57.4 Å². The van der Waals surface area contributed by atoms with Crippen molar-refractivity contribution in [2.75, 3.05) is 39.9 Å². The molecule has 3 rings (SSSR count). The maximum atomic E-state index is 13.5. The zero-order valence-electron chi connectivity index (χ0n) is 17.3. The van der Waals surface area contributed by atoms with Crippen molar-refractivity contribution in [3.05, 3.63) is 34.1 Å². The van der Waals surface area contributed by atoms with Gasteiger partial charge in [0.2, 0.25) is 0 Å². The molecule has 5 heteroatoms. The summed E-state index contributed by atoms with van der Waals surface area (Å²) in [6.45, 7) is 5.44. The van der Waals surface area contributed by atoms with E-state index in [4.69, 9.17) is 4.74 Å². The first-order valence-electron chi connectivity index (χ1n) is 11.0. The number of hydrogen-bond donors (Lipinski definition) is 1. The van der Waals surface area contributed by atoms with Crippen LogP contribution in [-0.4, -0.2) is 50.8 Å². The van der Waals surface area contributed by atoms with Gasteiger partial charge in [-0.25, -0.2) is 4.39 Å². The highest BCUT2D eigenvalue weighted by atomic mass is 79.9. The van der Waals surface area contributed by atoms with E-state index >= 15 is 0 Å². The third kappa shape index (κ3) is 7.08. The van der Waals surface area contributed by atoms with Gasteiger partial charge in [0, 0.05) is 24.2 Å². The summed E-state index contributed by atoms with van der Waals surface area (Å²) < 4.78 is 19.7. The molecule has 0 atom stereocenters. The van der Waals surface area contributed by atoms with Crippen LogP contribution in [0.1, 0.15) is 50.5 Å². The third-order valence-corrected chi connectivity index (χ3v) is 7.44. The van der Waals surface area contributed by atoms with E-state index in [0.29, 0.717) is 12.0 Å². The molecule has 0 aromatic heterocycles. The van der Waals surface area contributed by atoms with Crippen molar-refractivity contribution in [2.24, 2.45) is 11.8 Å². The van der Waals surface area contributed by atoms with Crippen molar-refractivity contribution >= 4 is 15.9 Å². The largest absolute Gasteiger partial charge is 0.383 e. The monoisotopic (exact) mass is 454 g/mol. The molecule has 0 bridgehead atoms. The van der Waals surface area contributed by atoms with E-state index in [9.17, 15) is 4.39 Å². The van der Waals surface area contributed by atoms with Crippen LogP contribution in [0.15, 0.2) is 22.7 Å². The molecule has 1 N–H and O–H groups in total. The summed E-state index contributed by atoms with van der Waals surface area (Å²) in [6.07, 6.45) is 10.2. The fourth-order valence-corrected chi connectivity index (χ4v) is 5.22. The Morgan fingerprint density at radius 1 is 1.11 bits per heavy atom. The minimum Gasteiger partial charge on any atom is -0.383 e. The van der Waals surface area contributed by atoms with Gasteiger partial charge in [0.15, 0.2) is 0 Å². The standard InChI is InChI=1S/C23H36BrFN2O/c1-28-15-11-26-22-5-2-18(3-6-22)8-12-27-13-9-19(10-14-27)16-20-17-21(25)4-7-23(20)24/h4,7,17-19,22,26H,2-3,5-6,8-16H2,1H3. The highest BCUT2D eigenvalue weighted by Crippen LogP contribution is 2.29. The number of ether oxygens (including phenoxy) is 1. The predicted molar refractivity (Wildman–Crippen MR) is 117 cm³/mol. The molecule has 3 nitrogen and oxygen atoms in total. The van der Waals surface area contributed by atoms with Crippen LogP contribution in [0.3, 0.4) is 0 Å². The van der Waals surface area contributed by atoms with E-state index in [1.54, 1.807) is 13.2 Å². The van der Waals surface area contributed by atoms with Crippen LogP contribution in [0, 0.1) is 17.7 Å². The van der Waals surface area contributed by atoms with Gasteiger partial charge in [-0.15, -0.1) is 0 Å². The summed E-state index contributed by atoms with van der Waals surface area (Å²) >= 11 is 3.57. The summed E-state index contributed by atoms with van der Waals surface area (Å²) in [5.41, 5.74) is 1.12. The average Bonchev–Trinajstić information content (AvgIpc) is 2.71. The number of benzene rings is 1. The van der Waals surface area contributed by atoms with Gasteiger partial charge in [-0.2, -0.15) is 0 Å². The first-order valence-corrected chi connectivity index (χ1v) is 11.8. The quantitative estimate of drug-likeness (QED) is 0.529. The van der Waals surface area contributed by atoms with Gasteiger partial charge < -0.3 is 15.0 Å². The second-order valence-electron chi connectivity index (χ2n) is 8.68. The van der Waals surface area contributed by atoms with E-state index in [1.165, 1.54) is 70.6 Å². The van der Waals surface area contributed by atoms with Crippen LogP contribution >= 0.6 is 15.9 Å². The molecule has 1 aromatic rings. The molecular formula is C23H36BrFN2O. The van der Waals surface area contributed by atoms with E-state index < -0.39 is 0 Å². The highest BCUT2D eigenvalue weighted by Gasteiger charge is 2.24. The fraction of sp³-hybridized carbons (Fsp3) is 0.739. The molecule has 28 heavy (non-hydrogen) atoms. The molecular weight excluding hydrogens is 419 g/mol. The smallest absolute Gasteiger partial charge is 0.123 e. The molecule has 1 aliphatic heterocycles. The lowest BCUT2D eigenvalue weighted by molar-refractivity contribution is 0.160. The Bertz CT molecular complexity index is 584. The molecule has 2 aliphatic rings. The van der Waals surface area contributed by atoms with E-state index in [-0.39, 0.29) is 5.82 Å². The minimum atomic E-state index is -0.126. The molecule has 1 heterocycles. The Hall–Kier alpha value is -0.490. The van der Waals surface area contributed by atoms with Gasteiger partial charge in [-0.1, -0.05) is 15.9 Å². The maximum absolute atomic E-state index is 13.5. The topological polar surface area (TPSA) is 24.5 Å². The molecule has 1 saturated heterocycles. The summed E-state index contributed by atoms with van der Waals surface area (Å²) in [6, 6.07) is 5.75. The lowest BCUT2D eigenvalue weighted by atomic mass is 9.83. The number of rotatable bonds is 9. The fourth-order valence-electron chi connectivity index (χ4n) is 4.81. The van der Waals surface area contributed by atoms with Gasteiger partial charge in [-0.05, 0) is 107 Å². The van der Waals surface area contributed by atoms with E-state index in [1.807, 2.05) is 6.07 Å². The van der Waals surface area contributed by atoms with Crippen LogP contribution in [-0.2, 0) is 11.2 Å². The Kier molecular flexibility index (Phi) is 9.22.